The number of hydrogen-bond donors (Lipinski definition) is 1. The molecule has 0 aliphatic carbocycles. The van der Waals surface area contributed by atoms with Gasteiger partial charge in [-0.3, -0.25) is 4.79 Å². The molecule has 0 aromatic carbocycles. The molecule has 0 spiro atoms. The minimum atomic E-state index is -3.59. The fourth-order valence-corrected chi connectivity index (χ4v) is 1.52. The Morgan fingerprint density at radius 3 is 2.19 bits per heavy atom. The first-order valence-electron chi connectivity index (χ1n) is 5.55. The average molecular weight is 249 g/mol. The van der Waals surface area contributed by atoms with E-state index in [1.165, 1.54) is 0 Å². The second-order valence-corrected chi connectivity index (χ2v) is 7.15. The molecule has 96 valence electrons. The number of hydrogen-bond acceptors (Lipinski definition) is 3. The van der Waals surface area contributed by atoms with Crippen molar-refractivity contribution in [3.05, 3.63) is 0 Å². The van der Waals surface area contributed by atoms with Gasteiger partial charge in [0.2, 0.25) is 9.84 Å². The molecule has 1 N–H and O–H groups in total. The van der Waals surface area contributed by atoms with Gasteiger partial charge < -0.3 is 5.32 Å². The van der Waals surface area contributed by atoms with E-state index in [0.717, 1.165) is 19.1 Å². The van der Waals surface area contributed by atoms with E-state index in [4.69, 9.17) is 0 Å². The van der Waals surface area contributed by atoms with Crippen molar-refractivity contribution in [2.45, 2.75) is 40.5 Å². The van der Waals surface area contributed by atoms with Gasteiger partial charge in [0.15, 0.2) is 0 Å². The minimum Gasteiger partial charge on any atom is -0.343 e. The third-order valence-corrected chi connectivity index (χ3v) is 3.98. The molecular formula is C11H23NO3S. The van der Waals surface area contributed by atoms with E-state index in [0.29, 0.717) is 12.5 Å². The van der Waals surface area contributed by atoms with Gasteiger partial charge in [0, 0.05) is 12.8 Å². The van der Waals surface area contributed by atoms with Crippen LogP contribution in [0.2, 0.25) is 0 Å². The lowest BCUT2D eigenvalue weighted by Gasteiger charge is -2.29. The maximum atomic E-state index is 11.0. The SMILES string of the molecule is CC(C)C(C)(C)CCCNC(=O)S(C)(=O)=O. The third kappa shape index (κ3) is 5.49. The van der Waals surface area contributed by atoms with Crippen LogP contribution in [0.25, 0.3) is 0 Å². The molecular weight excluding hydrogens is 226 g/mol. The summed E-state index contributed by atoms with van der Waals surface area (Å²) in [5.74, 6) is 0.568. The molecule has 0 unspecified atom stereocenters. The molecule has 5 heteroatoms. The molecule has 4 nitrogen and oxygen atoms in total. The maximum Gasteiger partial charge on any atom is 0.336 e. The highest BCUT2D eigenvalue weighted by Gasteiger charge is 2.22. The lowest BCUT2D eigenvalue weighted by molar-refractivity contribution is 0.222. The largest absolute Gasteiger partial charge is 0.343 e. The number of amides is 1. The fourth-order valence-electron chi connectivity index (χ4n) is 1.15. The second kappa shape index (κ2) is 5.66. The highest BCUT2D eigenvalue weighted by Crippen LogP contribution is 2.30. The van der Waals surface area contributed by atoms with Crippen molar-refractivity contribution < 1.29 is 13.2 Å². The van der Waals surface area contributed by atoms with Crippen molar-refractivity contribution in [1.82, 2.24) is 5.32 Å². The summed E-state index contributed by atoms with van der Waals surface area (Å²) in [6, 6.07) is 0. The van der Waals surface area contributed by atoms with Crippen LogP contribution in [0.3, 0.4) is 0 Å². The summed E-state index contributed by atoms with van der Waals surface area (Å²) in [6.07, 6.45) is 2.68. The van der Waals surface area contributed by atoms with Crippen LogP contribution in [0.5, 0.6) is 0 Å². The van der Waals surface area contributed by atoms with E-state index in [2.05, 4.69) is 33.0 Å². The molecule has 0 aromatic rings. The highest BCUT2D eigenvalue weighted by molar-refractivity contribution is 8.05. The van der Waals surface area contributed by atoms with Gasteiger partial charge >= 0.3 is 5.24 Å². The van der Waals surface area contributed by atoms with Crippen molar-refractivity contribution in [3.8, 4) is 0 Å². The van der Waals surface area contributed by atoms with Crippen molar-refractivity contribution in [3.63, 3.8) is 0 Å². The quantitative estimate of drug-likeness (QED) is 0.760. The van der Waals surface area contributed by atoms with Crippen molar-refractivity contribution in [2.24, 2.45) is 11.3 Å². The minimum absolute atomic E-state index is 0.218. The van der Waals surface area contributed by atoms with Crippen LogP contribution in [-0.2, 0) is 9.84 Å². The first kappa shape index (κ1) is 15.4. The fraction of sp³-hybridized carbons (Fsp3) is 0.909. The Kier molecular flexibility index (Phi) is 5.46. The smallest absolute Gasteiger partial charge is 0.336 e. The zero-order valence-electron chi connectivity index (χ0n) is 10.8. The van der Waals surface area contributed by atoms with E-state index in [9.17, 15) is 13.2 Å². The van der Waals surface area contributed by atoms with E-state index >= 15 is 0 Å². The monoisotopic (exact) mass is 249 g/mol. The Morgan fingerprint density at radius 1 is 1.31 bits per heavy atom. The summed E-state index contributed by atoms with van der Waals surface area (Å²) >= 11 is 0. The molecule has 0 rings (SSSR count). The summed E-state index contributed by atoms with van der Waals surface area (Å²) in [5, 5.41) is 1.53. The summed E-state index contributed by atoms with van der Waals surface area (Å²) in [5.41, 5.74) is 0.218. The Hall–Kier alpha value is -0.580. The van der Waals surface area contributed by atoms with Gasteiger partial charge in [0.05, 0.1) is 0 Å². The standard InChI is InChI=1S/C11H23NO3S/c1-9(2)11(3,4)7-6-8-12-10(13)16(5,14)15/h9H,6-8H2,1-5H3,(H,12,13). The summed E-state index contributed by atoms with van der Waals surface area (Å²) in [7, 11) is -3.59. The molecule has 0 saturated carbocycles. The van der Waals surface area contributed by atoms with Gasteiger partial charge in [-0.1, -0.05) is 27.7 Å². The van der Waals surface area contributed by atoms with Gasteiger partial charge in [0.1, 0.15) is 0 Å². The molecule has 0 radical (unpaired) electrons. The summed E-state index contributed by atoms with van der Waals surface area (Å²) < 4.78 is 21.6. The average Bonchev–Trinajstić information content (AvgIpc) is 2.10. The van der Waals surface area contributed by atoms with Crippen LogP contribution < -0.4 is 5.32 Å². The molecule has 0 aliphatic heterocycles. The third-order valence-electron chi connectivity index (χ3n) is 3.17. The van der Waals surface area contributed by atoms with Crippen molar-refractivity contribution in [1.29, 1.82) is 0 Å². The number of nitrogens with one attached hydrogen (secondary N) is 1. The van der Waals surface area contributed by atoms with Crippen LogP contribution in [0.1, 0.15) is 40.5 Å². The predicted octanol–water partition coefficient (Wildman–Crippen LogP) is 2.20. The Morgan fingerprint density at radius 2 is 1.81 bits per heavy atom. The van der Waals surface area contributed by atoms with Gasteiger partial charge in [-0.2, -0.15) is 0 Å². The van der Waals surface area contributed by atoms with Crippen LogP contribution in [0, 0.1) is 11.3 Å². The number of carbonyl (C=O) groups is 1. The number of sulfone groups is 1. The molecule has 0 bridgehead atoms. The molecule has 0 saturated heterocycles. The van der Waals surface area contributed by atoms with Gasteiger partial charge in [-0.05, 0) is 24.2 Å². The van der Waals surface area contributed by atoms with Gasteiger partial charge in [0.25, 0.3) is 0 Å². The lowest BCUT2D eigenvalue weighted by Crippen LogP contribution is -2.30. The normalized spacial score (nSPS) is 12.9. The molecule has 0 aliphatic rings. The Bertz CT molecular complexity index is 331. The van der Waals surface area contributed by atoms with Gasteiger partial charge in [-0.15, -0.1) is 0 Å². The Labute approximate surface area is 98.7 Å². The summed E-state index contributed by atoms with van der Waals surface area (Å²) in [4.78, 5) is 11.0. The number of carbonyl (C=O) groups excluding carboxylic acids is 1. The molecule has 1 amide bonds. The topological polar surface area (TPSA) is 63.2 Å². The van der Waals surface area contributed by atoms with Crippen molar-refractivity contribution in [2.75, 3.05) is 12.8 Å². The molecule has 0 heterocycles. The predicted molar refractivity (Wildman–Crippen MR) is 66.1 cm³/mol. The van der Waals surface area contributed by atoms with E-state index < -0.39 is 15.1 Å². The highest BCUT2D eigenvalue weighted by atomic mass is 32.2. The Balaban J connectivity index is 3.91. The van der Waals surface area contributed by atoms with Gasteiger partial charge in [-0.25, -0.2) is 8.42 Å². The van der Waals surface area contributed by atoms with Crippen LogP contribution in [0.4, 0.5) is 4.79 Å². The summed E-state index contributed by atoms with van der Waals surface area (Å²) in [6.45, 7) is 9.10. The van der Waals surface area contributed by atoms with Crippen LogP contribution in [-0.4, -0.2) is 26.5 Å². The maximum absolute atomic E-state index is 11.0. The first-order chi connectivity index (χ1) is 7.07. The molecule has 0 aromatic heterocycles. The number of rotatable bonds is 5. The van der Waals surface area contributed by atoms with Crippen molar-refractivity contribution >= 4 is 15.1 Å². The molecule has 0 atom stereocenters. The molecule has 16 heavy (non-hydrogen) atoms. The molecule has 0 fully saturated rings. The first-order valence-corrected chi connectivity index (χ1v) is 7.44. The van der Waals surface area contributed by atoms with E-state index in [1.807, 2.05) is 0 Å². The zero-order valence-corrected chi connectivity index (χ0v) is 11.6. The lowest BCUT2D eigenvalue weighted by atomic mass is 9.77. The zero-order chi connectivity index (χ0) is 13.0. The van der Waals surface area contributed by atoms with E-state index in [-0.39, 0.29) is 5.41 Å². The van der Waals surface area contributed by atoms with Crippen LogP contribution >= 0.6 is 0 Å². The van der Waals surface area contributed by atoms with Crippen LogP contribution in [0.15, 0.2) is 0 Å². The van der Waals surface area contributed by atoms with E-state index in [1.54, 1.807) is 0 Å². The second-order valence-electron chi connectivity index (χ2n) is 5.23.